The number of nitro groups is 1. The quantitative estimate of drug-likeness (QED) is 0.356. The second-order valence-electron chi connectivity index (χ2n) is 3.94. The summed E-state index contributed by atoms with van der Waals surface area (Å²) >= 11 is 1.41. The molecular weight excluding hydrogens is 254 g/mol. The maximum atomic E-state index is 11.2. The topological polar surface area (TPSA) is 69.4 Å². The molecule has 1 unspecified atom stereocenters. The molecule has 5 nitrogen and oxygen atoms in total. The molecule has 6 heteroatoms. The molecule has 0 radical (unpaired) electrons. The highest BCUT2D eigenvalue weighted by Crippen LogP contribution is 2.27. The number of aryl methyl sites for hydroxylation is 1. The molecule has 0 heterocycles. The number of hydrogen-bond donors (Lipinski definition) is 0. The van der Waals surface area contributed by atoms with E-state index in [1.54, 1.807) is 19.9 Å². The van der Waals surface area contributed by atoms with Gasteiger partial charge in [0.25, 0.3) is 5.69 Å². The summed E-state index contributed by atoms with van der Waals surface area (Å²) in [5, 5.41) is 10.8. The Labute approximate surface area is 110 Å². The van der Waals surface area contributed by atoms with Gasteiger partial charge in [-0.25, -0.2) is 0 Å². The number of nitro benzene ring substituents is 1. The molecule has 0 N–H and O–H groups in total. The molecule has 1 atom stereocenters. The number of carbonyl (C=O) groups is 1. The maximum absolute atomic E-state index is 11.2. The first-order valence-electron chi connectivity index (χ1n) is 5.41. The molecule has 1 aromatic rings. The van der Waals surface area contributed by atoms with E-state index in [9.17, 15) is 14.9 Å². The Morgan fingerprint density at radius 1 is 1.56 bits per heavy atom. The van der Waals surface area contributed by atoms with Crippen LogP contribution in [0.1, 0.15) is 12.5 Å². The van der Waals surface area contributed by atoms with E-state index in [1.807, 2.05) is 6.07 Å². The summed E-state index contributed by atoms with van der Waals surface area (Å²) in [6, 6.07) is 5.06. The predicted molar refractivity (Wildman–Crippen MR) is 69.7 cm³/mol. The Bertz CT molecular complexity index is 461. The SMILES string of the molecule is COC(=O)C(C)CSc1ccc(C)c([N+](=O)[O-])c1. The standard InChI is InChI=1S/C12H15NO4S/c1-8-4-5-10(6-11(8)13(15)16)18-7-9(2)12(14)17-3/h4-6,9H,7H2,1-3H3. The van der Waals surface area contributed by atoms with Crippen LogP contribution >= 0.6 is 11.8 Å². The van der Waals surface area contributed by atoms with Gasteiger partial charge in [-0.3, -0.25) is 14.9 Å². The van der Waals surface area contributed by atoms with E-state index in [2.05, 4.69) is 4.74 Å². The number of rotatable bonds is 5. The van der Waals surface area contributed by atoms with E-state index in [-0.39, 0.29) is 17.6 Å². The molecule has 0 aliphatic heterocycles. The summed E-state index contributed by atoms with van der Waals surface area (Å²) in [5.41, 5.74) is 0.732. The van der Waals surface area contributed by atoms with Crippen LogP contribution in [0.25, 0.3) is 0 Å². The normalized spacial score (nSPS) is 11.9. The number of methoxy groups -OCH3 is 1. The summed E-state index contributed by atoms with van der Waals surface area (Å²) in [5.74, 6) is 0.0249. The van der Waals surface area contributed by atoms with Crippen molar-refractivity contribution in [2.45, 2.75) is 18.7 Å². The number of ether oxygens (including phenoxy) is 1. The van der Waals surface area contributed by atoms with Gasteiger partial charge in [0.05, 0.1) is 18.0 Å². The molecule has 0 spiro atoms. The second-order valence-corrected chi connectivity index (χ2v) is 5.03. The van der Waals surface area contributed by atoms with Crippen LogP contribution in [0, 0.1) is 23.0 Å². The van der Waals surface area contributed by atoms with Gasteiger partial charge in [0.2, 0.25) is 0 Å². The van der Waals surface area contributed by atoms with E-state index in [0.717, 1.165) is 4.90 Å². The lowest BCUT2D eigenvalue weighted by Gasteiger charge is -2.08. The summed E-state index contributed by atoms with van der Waals surface area (Å²) in [6.45, 7) is 3.46. The van der Waals surface area contributed by atoms with E-state index < -0.39 is 4.92 Å². The van der Waals surface area contributed by atoms with E-state index in [4.69, 9.17) is 0 Å². The largest absolute Gasteiger partial charge is 0.469 e. The minimum Gasteiger partial charge on any atom is -0.469 e. The van der Waals surface area contributed by atoms with Gasteiger partial charge < -0.3 is 4.74 Å². The summed E-state index contributed by atoms with van der Waals surface area (Å²) in [4.78, 5) is 22.4. The van der Waals surface area contributed by atoms with Crippen molar-refractivity contribution >= 4 is 23.4 Å². The third kappa shape index (κ3) is 3.73. The molecule has 0 aliphatic rings. The van der Waals surface area contributed by atoms with Crippen LogP contribution in [0.2, 0.25) is 0 Å². The number of benzene rings is 1. The van der Waals surface area contributed by atoms with Gasteiger partial charge in [-0.2, -0.15) is 0 Å². The number of nitrogens with zero attached hydrogens (tertiary/aromatic N) is 1. The Hall–Kier alpha value is -1.56. The maximum Gasteiger partial charge on any atom is 0.309 e. The average molecular weight is 269 g/mol. The number of carbonyl (C=O) groups excluding carboxylic acids is 1. The van der Waals surface area contributed by atoms with Crippen LogP contribution < -0.4 is 0 Å². The van der Waals surface area contributed by atoms with E-state index >= 15 is 0 Å². The number of hydrogen-bond acceptors (Lipinski definition) is 5. The molecule has 18 heavy (non-hydrogen) atoms. The van der Waals surface area contributed by atoms with Crippen molar-refractivity contribution in [1.29, 1.82) is 0 Å². The zero-order valence-corrected chi connectivity index (χ0v) is 11.3. The lowest BCUT2D eigenvalue weighted by atomic mass is 10.2. The average Bonchev–Trinajstić information content (AvgIpc) is 2.36. The molecule has 0 bridgehead atoms. The van der Waals surface area contributed by atoms with Crippen molar-refractivity contribution < 1.29 is 14.5 Å². The van der Waals surface area contributed by atoms with Gasteiger partial charge >= 0.3 is 5.97 Å². The minimum atomic E-state index is -0.400. The molecular formula is C12H15NO4S. The van der Waals surface area contributed by atoms with E-state index in [0.29, 0.717) is 11.3 Å². The van der Waals surface area contributed by atoms with Gasteiger partial charge in [-0.15, -0.1) is 11.8 Å². The molecule has 0 aromatic heterocycles. The van der Waals surface area contributed by atoms with Crippen molar-refractivity contribution in [1.82, 2.24) is 0 Å². The molecule has 1 rings (SSSR count). The second kappa shape index (κ2) is 6.39. The fourth-order valence-corrected chi connectivity index (χ4v) is 2.30. The third-order valence-electron chi connectivity index (χ3n) is 2.48. The minimum absolute atomic E-state index is 0.103. The van der Waals surface area contributed by atoms with Gasteiger partial charge in [-0.05, 0) is 13.0 Å². The number of thioether (sulfide) groups is 1. The van der Waals surface area contributed by atoms with Gasteiger partial charge in [0.1, 0.15) is 0 Å². The molecule has 0 amide bonds. The first-order valence-corrected chi connectivity index (χ1v) is 6.40. The lowest BCUT2D eigenvalue weighted by Crippen LogP contribution is -2.14. The number of esters is 1. The Balaban J connectivity index is 2.71. The van der Waals surface area contributed by atoms with Crippen LogP contribution in [-0.4, -0.2) is 23.8 Å². The molecule has 0 fully saturated rings. The summed E-state index contributed by atoms with van der Waals surface area (Å²) in [7, 11) is 1.35. The van der Waals surface area contributed by atoms with Crippen molar-refractivity contribution in [2.24, 2.45) is 5.92 Å². The van der Waals surface area contributed by atoms with Crippen molar-refractivity contribution in [2.75, 3.05) is 12.9 Å². The van der Waals surface area contributed by atoms with Crippen LogP contribution in [0.5, 0.6) is 0 Å². The van der Waals surface area contributed by atoms with Gasteiger partial charge in [0, 0.05) is 22.3 Å². The van der Waals surface area contributed by atoms with Crippen molar-refractivity contribution in [3.63, 3.8) is 0 Å². The molecule has 0 aliphatic carbocycles. The molecule has 0 saturated carbocycles. The third-order valence-corrected chi connectivity index (χ3v) is 3.73. The summed E-state index contributed by atoms with van der Waals surface area (Å²) in [6.07, 6.45) is 0. The first-order chi connectivity index (χ1) is 8.45. The predicted octanol–water partition coefficient (Wildman–Crippen LogP) is 2.80. The van der Waals surface area contributed by atoms with Crippen LogP contribution in [-0.2, 0) is 9.53 Å². The van der Waals surface area contributed by atoms with Crippen molar-refractivity contribution in [3.8, 4) is 0 Å². The van der Waals surface area contributed by atoms with Crippen LogP contribution in [0.4, 0.5) is 5.69 Å². The highest BCUT2D eigenvalue weighted by Gasteiger charge is 2.15. The van der Waals surface area contributed by atoms with Crippen LogP contribution in [0.3, 0.4) is 0 Å². The Kier molecular flexibility index (Phi) is 5.15. The zero-order valence-electron chi connectivity index (χ0n) is 10.5. The highest BCUT2D eigenvalue weighted by atomic mass is 32.2. The van der Waals surface area contributed by atoms with Crippen LogP contribution in [0.15, 0.2) is 23.1 Å². The van der Waals surface area contributed by atoms with E-state index in [1.165, 1.54) is 24.9 Å². The van der Waals surface area contributed by atoms with Gasteiger partial charge in [0.15, 0.2) is 0 Å². The highest BCUT2D eigenvalue weighted by molar-refractivity contribution is 7.99. The first kappa shape index (κ1) is 14.5. The molecule has 0 saturated heterocycles. The molecule has 98 valence electrons. The molecule has 1 aromatic carbocycles. The Morgan fingerprint density at radius 2 is 2.22 bits per heavy atom. The Morgan fingerprint density at radius 3 is 2.78 bits per heavy atom. The summed E-state index contributed by atoms with van der Waals surface area (Å²) < 4.78 is 4.62. The smallest absolute Gasteiger partial charge is 0.309 e. The fraction of sp³-hybridized carbons (Fsp3) is 0.417. The monoisotopic (exact) mass is 269 g/mol. The fourth-order valence-electron chi connectivity index (χ4n) is 1.37. The lowest BCUT2D eigenvalue weighted by molar-refractivity contribution is -0.385. The zero-order chi connectivity index (χ0) is 13.7. The van der Waals surface area contributed by atoms with Gasteiger partial charge in [-0.1, -0.05) is 13.0 Å². The van der Waals surface area contributed by atoms with Crippen molar-refractivity contribution in [3.05, 3.63) is 33.9 Å².